The van der Waals surface area contributed by atoms with Gasteiger partial charge in [-0.3, -0.25) is 0 Å². The number of rotatable bonds is 2. The van der Waals surface area contributed by atoms with Crippen molar-refractivity contribution in [3.63, 3.8) is 0 Å². The van der Waals surface area contributed by atoms with E-state index < -0.39 is 8.32 Å². The first-order chi connectivity index (χ1) is 7.24. The Morgan fingerprint density at radius 1 is 1.31 bits per heavy atom. The zero-order valence-corrected chi connectivity index (χ0v) is 12.3. The van der Waals surface area contributed by atoms with Gasteiger partial charge in [-0.2, -0.15) is 0 Å². The summed E-state index contributed by atoms with van der Waals surface area (Å²) in [7, 11) is -1.77. The van der Waals surface area contributed by atoms with E-state index in [1.54, 1.807) is 0 Å². The molecule has 0 aromatic heterocycles. The normalized spacial score (nSPS) is 27.9. The molecule has 0 spiro atoms. The monoisotopic (exact) mass is 242 g/mol. The summed E-state index contributed by atoms with van der Waals surface area (Å²) in [5.41, 5.74) is 0. The molecule has 0 saturated heterocycles. The van der Waals surface area contributed by atoms with Gasteiger partial charge in [-0.05, 0) is 37.4 Å². The van der Waals surface area contributed by atoms with E-state index in [4.69, 9.17) is 4.43 Å². The Bertz CT molecular complexity index is 253. The van der Waals surface area contributed by atoms with E-state index in [0.29, 0.717) is 0 Å². The van der Waals surface area contributed by atoms with E-state index in [2.05, 4.69) is 46.0 Å². The van der Waals surface area contributed by atoms with Crippen LogP contribution in [0.2, 0.25) is 18.1 Å². The first-order valence-corrected chi connectivity index (χ1v) is 9.17. The van der Waals surface area contributed by atoms with Crippen molar-refractivity contribution >= 4 is 8.32 Å². The van der Waals surface area contributed by atoms with Gasteiger partial charge in [0, 0.05) is 0 Å². The van der Waals surface area contributed by atoms with Gasteiger partial charge in [0.25, 0.3) is 0 Å². The van der Waals surface area contributed by atoms with Crippen LogP contribution in [0.4, 0.5) is 0 Å². The Morgan fingerprint density at radius 2 is 1.94 bits per heavy atom. The zero-order valence-electron chi connectivity index (χ0n) is 11.3. The minimum absolute atomic E-state index is 0.0941. The van der Waals surface area contributed by atoms with Crippen LogP contribution in [0.3, 0.4) is 0 Å². The summed E-state index contributed by atoms with van der Waals surface area (Å²) in [5.74, 6) is 0. The van der Waals surface area contributed by atoms with Crippen LogP contribution in [0, 0.1) is 0 Å². The molecule has 0 heterocycles. The molecule has 94 valence electrons. The Balaban J connectivity index is 2.71. The summed E-state index contributed by atoms with van der Waals surface area (Å²) in [6.45, 7) is 11.2. The summed E-state index contributed by atoms with van der Waals surface area (Å²) in [6, 6.07) is 0. The minimum Gasteiger partial charge on any atom is -0.408 e. The highest BCUT2D eigenvalue weighted by atomic mass is 28.4. The highest BCUT2D eigenvalue weighted by Gasteiger charge is 2.40. The molecule has 2 atom stereocenters. The maximum atomic E-state index is 10.0. The van der Waals surface area contributed by atoms with E-state index in [1.807, 2.05) is 0 Å². The van der Waals surface area contributed by atoms with Crippen molar-refractivity contribution in [3.05, 3.63) is 12.2 Å². The fourth-order valence-electron chi connectivity index (χ4n) is 1.60. The highest BCUT2D eigenvalue weighted by molar-refractivity contribution is 6.74. The maximum Gasteiger partial charge on any atom is 0.193 e. The third kappa shape index (κ3) is 3.44. The van der Waals surface area contributed by atoms with Crippen LogP contribution in [0.15, 0.2) is 12.2 Å². The summed E-state index contributed by atoms with van der Waals surface area (Å²) in [4.78, 5) is 0. The first-order valence-electron chi connectivity index (χ1n) is 6.26. The average Bonchev–Trinajstić information content (AvgIpc) is 2.30. The van der Waals surface area contributed by atoms with E-state index in [1.165, 1.54) is 0 Å². The summed E-state index contributed by atoms with van der Waals surface area (Å²) >= 11 is 0. The van der Waals surface area contributed by atoms with Crippen LogP contribution in [0.1, 0.15) is 40.0 Å². The van der Waals surface area contributed by atoms with Crippen molar-refractivity contribution in [2.75, 3.05) is 0 Å². The second kappa shape index (κ2) is 5.03. The predicted molar refractivity (Wildman–Crippen MR) is 71.1 cm³/mol. The van der Waals surface area contributed by atoms with Crippen LogP contribution in [-0.2, 0) is 4.43 Å². The number of allylic oxidation sites excluding steroid dienone is 1. The zero-order chi connectivity index (χ0) is 12.4. The van der Waals surface area contributed by atoms with E-state index in [-0.39, 0.29) is 17.2 Å². The molecule has 0 aromatic rings. The molecule has 0 unspecified atom stereocenters. The quantitative estimate of drug-likeness (QED) is 0.593. The van der Waals surface area contributed by atoms with Gasteiger partial charge < -0.3 is 9.53 Å². The Hall–Kier alpha value is -0.123. The molecule has 3 heteroatoms. The largest absolute Gasteiger partial charge is 0.408 e. The molecule has 1 rings (SSSR count). The Kier molecular flexibility index (Phi) is 4.38. The predicted octanol–water partition coefficient (Wildman–Crippen LogP) is 3.48. The van der Waals surface area contributed by atoms with Crippen molar-refractivity contribution in [2.24, 2.45) is 0 Å². The smallest absolute Gasteiger partial charge is 0.193 e. The molecule has 2 nitrogen and oxygen atoms in total. The minimum atomic E-state index is -1.77. The van der Waals surface area contributed by atoms with E-state index in [9.17, 15) is 5.11 Å². The van der Waals surface area contributed by atoms with Crippen LogP contribution < -0.4 is 0 Å². The van der Waals surface area contributed by atoms with Crippen molar-refractivity contribution in [2.45, 2.75) is 70.4 Å². The van der Waals surface area contributed by atoms with Gasteiger partial charge in [0.05, 0.1) is 12.2 Å². The molecule has 1 aliphatic carbocycles. The number of hydrogen-bond donors (Lipinski definition) is 1. The standard InChI is InChI=1S/C13H26O2Si/c1-13(2,3)16(4,5)15-12-10-8-6-7-9-11(12)14/h8,10-12,14H,6-7,9H2,1-5H3/t11-,12+/m0/s1. The van der Waals surface area contributed by atoms with Crippen molar-refractivity contribution in [1.29, 1.82) is 0 Å². The number of aliphatic hydroxyl groups is 1. The van der Waals surface area contributed by atoms with Crippen LogP contribution in [-0.4, -0.2) is 25.6 Å². The molecule has 0 aliphatic heterocycles. The summed E-state index contributed by atoms with van der Waals surface area (Å²) < 4.78 is 6.24. The lowest BCUT2D eigenvalue weighted by molar-refractivity contribution is 0.0509. The van der Waals surface area contributed by atoms with Crippen molar-refractivity contribution in [3.8, 4) is 0 Å². The molecule has 16 heavy (non-hydrogen) atoms. The topological polar surface area (TPSA) is 29.5 Å². The second-order valence-corrected chi connectivity index (χ2v) is 11.0. The van der Waals surface area contributed by atoms with Crippen LogP contribution >= 0.6 is 0 Å². The van der Waals surface area contributed by atoms with Gasteiger partial charge in [0.1, 0.15) is 0 Å². The summed E-state index contributed by atoms with van der Waals surface area (Å²) in [6.07, 6.45) is 6.76. The molecule has 0 amide bonds. The van der Waals surface area contributed by atoms with Crippen LogP contribution in [0.25, 0.3) is 0 Å². The number of aliphatic hydroxyl groups excluding tert-OH is 1. The SMILES string of the molecule is CC(C)(C)[Si](C)(C)O[C@@H]1C=CCCC[C@@H]1O. The molecule has 0 radical (unpaired) electrons. The highest BCUT2D eigenvalue weighted by Crippen LogP contribution is 2.38. The maximum absolute atomic E-state index is 10.0. The molecule has 1 N–H and O–H groups in total. The molecular formula is C13H26O2Si. The van der Waals surface area contributed by atoms with Gasteiger partial charge in [0.2, 0.25) is 0 Å². The second-order valence-electron chi connectivity index (χ2n) is 6.27. The van der Waals surface area contributed by atoms with Crippen molar-refractivity contribution in [1.82, 2.24) is 0 Å². The van der Waals surface area contributed by atoms with Gasteiger partial charge in [0.15, 0.2) is 8.32 Å². The summed E-state index contributed by atoms with van der Waals surface area (Å²) in [5, 5.41) is 10.2. The van der Waals surface area contributed by atoms with E-state index >= 15 is 0 Å². The third-order valence-electron chi connectivity index (χ3n) is 3.81. The lowest BCUT2D eigenvalue weighted by atomic mass is 10.1. The fourth-order valence-corrected chi connectivity index (χ4v) is 2.87. The van der Waals surface area contributed by atoms with Gasteiger partial charge in [-0.1, -0.05) is 32.9 Å². The van der Waals surface area contributed by atoms with Crippen LogP contribution in [0.5, 0.6) is 0 Å². The van der Waals surface area contributed by atoms with Gasteiger partial charge in [-0.25, -0.2) is 0 Å². The molecule has 0 fully saturated rings. The fraction of sp³-hybridized carbons (Fsp3) is 0.846. The van der Waals surface area contributed by atoms with E-state index in [0.717, 1.165) is 19.3 Å². The molecule has 1 aliphatic rings. The Morgan fingerprint density at radius 3 is 2.50 bits per heavy atom. The van der Waals surface area contributed by atoms with Gasteiger partial charge in [-0.15, -0.1) is 0 Å². The lowest BCUT2D eigenvalue weighted by Crippen LogP contribution is -2.46. The molecular weight excluding hydrogens is 216 g/mol. The third-order valence-corrected chi connectivity index (χ3v) is 8.29. The molecule has 0 aromatic carbocycles. The molecule has 0 saturated carbocycles. The van der Waals surface area contributed by atoms with Gasteiger partial charge >= 0.3 is 0 Å². The molecule has 0 bridgehead atoms. The lowest BCUT2D eigenvalue weighted by Gasteiger charge is -2.39. The average molecular weight is 242 g/mol. The van der Waals surface area contributed by atoms with Crippen molar-refractivity contribution < 1.29 is 9.53 Å². The Labute approximate surface area is 101 Å². The first kappa shape index (κ1) is 13.9. The number of hydrogen-bond acceptors (Lipinski definition) is 2.